The second-order valence-corrected chi connectivity index (χ2v) is 6.23. The van der Waals surface area contributed by atoms with Crippen molar-refractivity contribution in [2.75, 3.05) is 19.6 Å². The summed E-state index contributed by atoms with van der Waals surface area (Å²) in [6, 6.07) is 5.15. The number of benzene rings is 1. The van der Waals surface area contributed by atoms with Crippen LogP contribution in [0.15, 0.2) is 24.3 Å². The van der Waals surface area contributed by atoms with E-state index in [4.69, 9.17) is 0 Å². The molecule has 0 saturated carbocycles. The van der Waals surface area contributed by atoms with Crippen molar-refractivity contribution in [3.63, 3.8) is 0 Å². The number of hydrogen-bond donors (Lipinski definition) is 2. The van der Waals surface area contributed by atoms with Crippen LogP contribution in [-0.2, 0) is 14.4 Å². The van der Waals surface area contributed by atoms with Gasteiger partial charge in [-0.05, 0) is 30.5 Å². The molecule has 0 aromatic heterocycles. The predicted octanol–water partition coefficient (Wildman–Crippen LogP) is 1.90. The van der Waals surface area contributed by atoms with Crippen molar-refractivity contribution in [2.24, 2.45) is 0 Å². The van der Waals surface area contributed by atoms with Crippen LogP contribution in [-0.4, -0.2) is 47.4 Å². The van der Waals surface area contributed by atoms with Gasteiger partial charge in [0, 0.05) is 19.5 Å². The van der Waals surface area contributed by atoms with Gasteiger partial charge in [0.1, 0.15) is 5.82 Å². The average Bonchev–Trinajstić information content (AvgIpc) is 2.56. The van der Waals surface area contributed by atoms with Crippen molar-refractivity contribution in [3.8, 4) is 0 Å². The van der Waals surface area contributed by atoms with Gasteiger partial charge in [0.15, 0.2) is 0 Å². The Morgan fingerprint density at radius 1 is 1.16 bits per heavy atom. The Kier molecular flexibility index (Phi) is 6.91. The van der Waals surface area contributed by atoms with Gasteiger partial charge in [0.2, 0.25) is 11.8 Å². The largest absolute Gasteiger partial charge is 0.481 e. The van der Waals surface area contributed by atoms with Gasteiger partial charge in [-0.1, -0.05) is 25.0 Å². The maximum atomic E-state index is 13.0. The summed E-state index contributed by atoms with van der Waals surface area (Å²) in [7, 11) is 0. The fourth-order valence-corrected chi connectivity index (χ4v) is 2.87. The van der Waals surface area contributed by atoms with Gasteiger partial charge in [-0.2, -0.15) is 0 Å². The summed E-state index contributed by atoms with van der Waals surface area (Å²) in [5.74, 6) is -2.94. The number of carboxylic acids is 1. The average molecular weight is 350 g/mol. The maximum absolute atomic E-state index is 13.0. The minimum atomic E-state index is -1.10. The van der Waals surface area contributed by atoms with Crippen molar-refractivity contribution >= 4 is 17.8 Å². The number of carbonyl (C=O) groups is 3. The van der Waals surface area contributed by atoms with E-state index in [1.54, 1.807) is 0 Å². The van der Waals surface area contributed by atoms with Crippen molar-refractivity contribution in [1.29, 1.82) is 0 Å². The zero-order chi connectivity index (χ0) is 18.2. The van der Waals surface area contributed by atoms with Gasteiger partial charge in [-0.15, -0.1) is 0 Å². The molecule has 2 N–H and O–H groups in total. The van der Waals surface area contributed by atoms with Gasteiger partial charge in [0.05, 0.1) is 12.5 Å². The third-order valence-electron chi connectivity index (χ3n) is 4.33. The van der Waals surface area contributed by atoms with Crippen LogP contribution in [0.1, 0.15) is 43.6 Å². The highest BCUT2D eigenvalue weighted by Gasteiger charge is 2.22. The van der Waals surface area contributed by atoms with Crippen LogP contribution in [0.4, 0.5) is 4.39 Å². The topological polar surface area (TPSA) is 86.7 Å². The van der Waals surface area contributed by atoms with E-state index in [-0.39, 0.29) is 24.9 Å². The fraction of sp³-hybridized carbons (Fsp3) is 0.500. The quantitative estimate of drug-likeness (QED) is 0.820. The number of carbonyl (C=O) groups excluding carboxylic acids is 2. The summed E-state index contributed by atoms with van der Waals surface area (Å²) in [6.45, 7) is 0.378. The second kappa shape index (κ2) is 9.15. The zero-order valence-corrected chi connectivity index (χ0v) is 14.0. The van der Waals surface area contributed by atoms with Crippen LogP contribution in [0, 0.1) is 5.82 Å². The molecule has 1 aromatic rings. The summed E-state index contributed by atoms with van der Waals surface area (Å²) >= 11 is 0. The van der Waals surface area contributed by atoms with E-state index in [2.05, 4.69) is 5.32 Å². The predicted molar refractivity (Wildman–Crippen MR) is 89.5 cm³/mol. The molecular weight excluding hydrogens is 327 g/mol. The Morgan fingerprint density at radius 3 is 2.52 bits per heavy atom. The molecule has 2 amide bonds. The third-order valence-corrected chi connectivity index (χ3v) is 4.33. The Hall–Kier alpha value is -2.44. The first-order chi connectivity index (χ1) is 12.0. The maximum Gasteiger partial charge on any atom is 0.312 e. The number of nitrogens with one attached hydrogen (secondary N) is 1. The normalized spacial score (nSPS) is 16.7. The minimum Gasteiger partial charge on any atom is -0.481 e. The first kappa shape index (κ1) is 18.9. The number of nitrogens with zero attached hydrogens (tertiary/aromatic N) is 1. The lowest BCUT2D eigenvalue weighted by atomic mass is 9.99. The van der Waals surface area contributed by atoms with E-state index >= 15 is 0 Å². The smallest absolute Gasteiger partial charge is 0.312 e. The summed E-state index contributed by atoms with van der Waals surface area (Å²) in [4.78, 5) is 37.1. The van der Waals surface area contributed by atoms with Gasteiger partial charge in [0.25, 0.3) is 0 Å². The van der Waals surface area contributed by atoms with E-state index in [1.165, 1.54) is 29.2 Å². The van der Waals surface area contributed by atoms with Gasteiger partial charge in [-0.3, -0.25) is 14.4 Å². The number of halogens is 1. The molecule has 1 saturated heterocycles. The molecule has 1 fully saturated rings. The number of rotatable bonds is 6. The lowest BCUT2D eigenvalue weighted by molar-refractivity contribution is -0.139. The van der Waals surface area contributed by atoms with Crippen LogP contribution < -0.4 is 5.32 Å². The number of carboxylic acid groups (broad SMARTS) is 1. The first-order valence-corrected chi connectivity index (χ1v) is 8.50. The lowest BCUT2D eigenvalue weighted by Gasteiger charge is -2.24. The molecule has 1 heterocycles. The molecule has 136 valence electrons. The standard InChI is InChI=1S/C18H23FN2O4/c19-14-8-6-13(7-9-14)15(18(24)25)11-20-16(22)12-21-10-4-2-1-3-5-17(21)23/h6-9,15H,1-5,10-12H2,(H,20,22)(H,24,25). The minimum absolute atomic E-state index is 0.0387. The molecule has 0 spiro atoms. The molecule has 0 bridgehead atoms. The van der Waals surface area contributed by atoms with Crippen LogP contribution >= 0.6 is 0 Å². The summed E-state index contributed by atoms with van der Waals surface area (Å²) in [6.07, 6.45) is 4.22. The number of amides is 2. The van der Waals surface area contributed by atoms with Gasteiger partial charge >= 0.3 is 5.97 Å². The van der Waals surface area contributed by atoms with Crippen LogP contribution in [0.25, 0.3) is 0 Å². The van der Waals surface area contributed by atoms with Crippen molar-refractivity contribution in [2.45, 2.75) is 38.0 Å². The molecule has 0 aliphatic carbocycles. The summed E-state index contributed by atoms with van der Waals surface area (Å²) < 4.78 is 13.0. The van der Waals surface area contributed by atoms with E-state index in [0.717, 1.165) is 25.7 Å². The lowest BCUT2D eigenvalue weighted by Crippen LogP contribution is -2.43. The van der Waals surface area contributed by atoms with E-state index in [0.29, 0.717) is 18.5 Å². The Morgan fingerprint density at radius 2 is 1.84 bits per heavy atom. The second-order valence-electron chi connectivity index (χ2n) is 6.23. The zero-order valence-electron chi connectivity index (χ0n) is 14.0. The molecule has 2 rings (SSSR count). The fourth-order valence-electron chi connectivity index (χ4n) is 2.87. The van der Waals surface area contributed by atoms with E-state index < -0.39 is 17.7 Å². The van der Waals surface area contributed by atoms with Crippen molar-refractivity contribution < 1.29 is 23.9 Å². The van der Waals surface area contributed by atoms with Crippen molar-refractivity contribution in [3.05, 3.63) is 35.6 Å². The molecule has 0 radical (unpaired) electrons. The molecule has 1 aliphatic heterocycles. The Labute approximate surface area is 146 Å². The summed E-state index contributed by atoms with van der Waals surface area (Å²) in [5, 5.41) is 11.9. The summed E-state index contributed by atoms with van der Waals surface area (Å²) in [5.41, 5.74) is 0.413. The first-order valence-electron chi connectivity index (χ1n) is 8.50. The molecule has 7 heteroatoms. The van der Waals surface area contributed by atoms with Gasteiger partial charge < -0.3 is 15.3 Å². The molecule has 6 nitrogen and oxygen atoms in total. The molecule has 1 aromatic carbocycles. The molecule has 1 atom stereocenters. The molecular formula is C18H23FN2O4. The number of aliphatic carboxylic acids is 1. The van der Waals surface area contributed by atoms with Crippen LogP contribution in [0.5, 0.6) is 0 Å². The number of hydrogen-bond acceptors (Lipinski definition) is 3. The molecule has 25 heavy (non-hydrogen) atoms. The van der Waals surface area contributed by atoms with E-state index in [1.807, 2.05) is 0 Å². The third kappa shape index (κ3) is 5.85. The molecule has 1 unspecified atom stereocenters. The highest BCUT2D eigenvalue weighted by atomic mass is 19.1. The van der Waals surface area contributed by atoms with Crippen molar-refractivity contribution in [1.82, 2.24) is 10.2 Å². The van der Waals surface area contributed by atoms with Crippen LogP contribution in [0.3, 0.4) is 0 Å². The highest BCUT2D eigenvalue weighted by molar-refractivity contribution is 5.85. The van der Waals surface area contributed by atoms with Crippen LogP contribution in [0.2, 0.25) is 0 Å². The number of likely N-dealkylation sites (tertiary alicyclic amines) is 1. The van der Waals surface area contributed by atoms with Gasteiger partial charge in [-0.25, -0.2) is 4.39 Å². The SMILES string of the molecule is O=C(CN1CCCCCCC1=O)NCC(C(=O)O)c1ccc(F)cc1. The Bertz CT molecular complexity index is 618. The molecule has 1 aliphatic rings. The monoisotopic (exact) mass is 350 g/mol. The Balaban J connectivity index is 1.90. The van der Waals surface area contributed by atoms with E-state index in [9.17, 15) is 23.9 Å². The highest BCUT2D eigenvalue weighted by Crippen LogP contribution is 2.16.